The van der Waals surface area contributed by atoms with Crippen LogP contribution in [0.5, 0.6) is 5.75 Å². The van der Waals surface area contributed by atoms with Crippen LogP contribution < -0.4 is 10.1 Å². The molecule has 1 aliphatic heterocycles. The minimum Gasteiger partial charge on any atom is -0.495 e. The summed E-state index contributed by atoms with van der Waals surface area (Å²) in [5, 5.41) is 18.2. The fourth-order valence-corrected chi connectivity index (χ4v) is 4.53. The number of amides is 2. The number of hydrogen-bond acceptors (Lipinski definition) is 7. The Morgan fingerprint density at radius 3 is 2.42 bits per heavy atom. The highest BCUT2D eigenvalue weighted by Crippen LogP contribution is 2.35. The number of nitrogens with zero attached hydrogens (tertiary/aromatic N) is 4. The zero-order valence-corrected chi connectivity index (χ0v) is 22.4. The smallest absolute Gasteiger partial charge is 0.410 e. The molecule has 1 saturated heterocycles. The van der Waals surface area contributed by atoms with Crippen molar-refractivity contribution in [2.75, 3.05) is 25.5 Å². The van der Waals surface area contributed by atoms with Gasteiger partial charge >= 0.3 is 6.09 Å². The lowest BCUT2D eigenvalue weighted by Gasteiger charge is -2.34. The summed E-state index contributed by atoms with van der Waals surface area (Å²) in [4.78, 5) is 38.3. The van der Waals surface area contributed by atoms with Crippen molar-refractivity contribution in [3.63, 3.8) is 0 Å². The van der Waals surface area contributed by atoms with E-state index < -0.39 is 34.2 Å². The second-order valence-corrected chi connectivity index (χ2v) is 10.3. The SMILES string of the molecule is COc1ccc([N+](=O)[O-])cc1NC(=O)c1cnn(-c2ccc(F)cc2F)c1C1CCN(C(=O)OC(C)(C)C)CC1. The number of hydrogen-bond donors (Lipinski definition) is 1. The first-order valence-electron chi connectivity index (χ1n) is 12.5. The van der Waals surface area contributed by atoms with E-state index in [0.29, 0.717) is 31.6 Å². The Hall–Kier alpha value is -4.55. The lowest BCUT2D eigenvalue weighted by Crippen LogP contribution is -2.41. The molecule has 0 aliphatic carbocycles. The molecule has 0 saturated carbocycles. The second kappa shape index (κ2) is 11.3. The number of carbonyl (C=O) groups excluding carboxylic acids is 2. The van der Waals surface area contributed by atoms with E-state index in [1.54, 1.807) is 25.7 Å². The van der Waals surface area contributed by atoms with E-state index in [1.807, 2.05) is 0 Å². The van der Waals surface area contributed by atoms with Crippen molar-refractivity contribution in [1.82, 2.24) is 14.7 Å². The molecule has 13 heteroatoms. The molecule has 1 fully saturated rings. The molecular formula is C27H29F2N5O6. The Balaban J connectivity index is 1.69. The highest BCUT2D eigenvalue weighted by molar-refractivity contribution is 6.06. The molecule has 2 amide bonds. The summed E-state index contributed by atoms with van der Waals surface area (Å²) in [5.74, 6) is -2.43. The van der Waals surface area contributed by atoms with Gasteiger partial charge in [-0.2, -0.15) is 5.10 Å². The van der Waals surface area contributed by atoms with Crippen molar-refractivity contribution in [1.29, 1.82) is 0 Å². The number of nitro benzene ring substituents is 1. The van der Waals surface area contributed by atoms with Gasteiger partial charge in [-0.05, 0) is 51.8 Å². The van der Waals surface area contributed by atoms with Gasteiger partial charge in [-0.15, -0.1) is 0 Å². The van der Waals surface area contributed by atoms with Crippen LogP contribution in [0.2, 0.25) is 0 Å². The first kappa shape index (κ1) is 28.5. The predicted molar refractivity (Wildman–Crippen MR) is 141 cm³/mol. The Bertz CT molecular complexity index is 1440. The van der Waals surface area contributed by atoms with Gasteiger partial charge in [0, 0.05) is 37.2 Å². The van der Waals surface area contributed by atoms with Crippen LogP contribution in [-0.4, -0.2) is 57.4 Å². The van der Waals surface area contributed by atoms with Crippen LogP contribution in [0.25, 0.3) is 5.69 Å². The zero-order valence-electron chi connectivity index (χ0n) is 22.4. The normalized spacial score (nSPS) is 14.1. The number of likely N-dealkylation sites (tertiary alicyclic amines) is 1. The monoisotopic (exact) mass is 557 g/mol. The molecule has 2 aromatic carbocycles. The third-order valence-corrected chi connectivity index (χ3v) is 6.36. The van der Waals surface area contributed by atoms with Crippen molar-refractivity contribution in [2.24, 2.45) is 0 Å². The van der Waals surface area contributed by atoms with Crippen LogP contribution in [0.4, 0.5) is 25.0 Å². The molecule has 40 heavy (non-hydrogen) atoms. The molecule has 1 aromatic heterocycles. The number of piperidine rings is 1. The van der Waals surface area contributed by atoms with E-state index in [2.05, 4.69) is 10.4 Å². The number of benzene rings is 2. The molecule has 212 valence electrons. The van der Waals surface area contributed by atoms with E-state index >= 15 is 0 Å². The maximum Gasteiger partial charge on any atom is 0.410 e. The van der Waals surface area contributed by atoms with Crippen LogP contribution in [0.3, 0.4) is 0 Å². The average Bonchev–Trinajstić information content (AvgIpc) is 3.32. The summed E-state index contributed by atoms with van der Waals surface area (Å²) in [6, 6.07) is 6.80. The largest absolute Gasteiger partial charge is 0.495 e. The number of nitrogens with one attached hydrogen (secondary N) is 1. The Kier molecular flexibility index (Phi) is 8.03. The highest BCUT2D eigenvalue weighted by atomic mass is 19.1. The van der Waals surface area contributed by atoms with Crippen molar-refractivity contribution in [3.05, 3.63) is 75.6 Å². The van der Waals surface area contributed by atoms with Crippen LogP contribution >= 0.6 is 0 Å². The fraction of sp³-hybridized carbons (Fsp3) is 0.370. The number of halogens is 2. The van der Waals surface area contributed by atoms with Crippen LogP contribution in [0.1, 0.15) is 55.6 Å². The molecule has 11 nitrogen and oxygen atoms in total. The second-order valence-electron chi connectivity index (χ2n) is 10.3. The van der Waals surface area contributed by atoms with Gasteiger partial charge in [0.1, 0.15) is 22.9 Å². The number of ether oxygens (including phenoxy) is 2. The lowest BCUT2D eigenvalue weighted by atomic mass is 9.90. The number of methoxy groups -OCH3 is 1. The number of rotatable bonds is 6. The zero-order chi connectivity index (χ0) is 29.2. The topological polar surface area (TPSA) is 129 Å². The average molecular weight is 558 g/mol. The Morgan fingerprint density at radius 2 is 1.82 bits per heavy atom. The minimum absolute atomic E-state index is 0.0575. The van der Waals surface area contributed by atoms with E-state index in [0.717, 1.165) is 12.1 Å². The Labute approximate surface area is 228 Å². The van der Waals surface area contributed by atoms with Gasteiger partial charge < -0.3 is 19.7 Å². The third-order valence-electron chi connectivity index (χ3n) is 6.36. The number of non-ortho nitro benzene ring substituents is 1. The molecule has 1 N–H and O–H groups in total. The van der Waals surface area contributed by atoms with Crippen molar-refractivity contribution >= 4 is 23.4 Å². The van der Waals surface area contributed by atoms with Gasteiger partial charge in [-0.25, -0.2) is 18.3 Å². The van der Waals surface area contributed by atoms with Crippen LogP contribution in [0.15, 0.2) is 42.6 Å². The molecule has 0 atom stereocenters. The number of nitro groups is 1. The van der Waals surface area contributed by atoms with Gasteiger partial charge in [-0.1, -0.05) is 0 Å². The van der Waals surface area contributed by atoms with Gasteiger partial charge in [0.25, 0.3) is 11.6 Å². The van der Waals surface area contributed by atoms with Crippen molar-refractivity contribution < 1.29 is 32.8 Å². The molecule has 2 heterocycles. The standard InChI is InChI=1S/C27H29F2N5O6/c1-27(2,3)40-26(36)32-11-9-16(10-12-32)24-19(15-30-33(24)22-7-5-17(28)13-20(22)29)25(35)31-21-14-18(34(37)38)6-8-23(21)39-4/h5-8,13-16H,9-12H2,1-4H3,(H,31,35). The quantitative estimate of drug-likeness (QED) is 0.316. The first-order chi connectivity index (χ1) is 18.9. The maximum absolute atomic E-state index is 14.8. The van der Waals surface area contributed by atoms with E-state index in [9.17, 15) is 28.5 Å². The highest BCUT2D eigenvalue weighted by Gasteiger charge is 2.33. The first-order valence-corrected chi connectivity index (χ1v) is 12.5. The summed E-state index contributed by atoms with van der Waals surface area (Å²) in [5.41, 5.74) is -0.462. The number of carbonyl (C=O) groups is 2. The molecule has 0 spiro atoms. The number of aromatic nitrogens is 2. The fourth-order valence-electron chi connectivity index (χ4n) is 4.53. The Morgan fingerprint density at radius 1 is 1.12 bits per heavy atom. The molecule has 0 unspecified atom stereocenters. The van der Waals surface area contributed by atoms with Crippen molar-refractivity contribution in [2.45, 2.75) is 45.1 Å². The molecule has 1 aliphatic rings. The van der Waals surface area contributed by atoms with E-state index in [4.69, 9.17) is 9.47 Å². The molecule has 0 bridgehead atoms. The molecule has 0 radical (unpaired) electrons. The molecule has 4 rings (SSSR count). The lowest BCUT2D eigenvalue weighted by molar-refractivity contribution is -0.384. The van der Waals surface area contributed by atoms with Crippen LogP contribution in [-0.2, 0) is 4.74 Å². The molecule has 3 aromatic rings. The van der Waals surface area contributed by atoms with E-state index in [-0.39, 0.29) is 34.3 Å². The van der Waals surface area contributed by atoms with Gasteiger partial charge in [0.15, 0.2) is 5.82 Å². The van der Waals surface area contributed by atoms with Gasteiger partial charge in [0.05, 0.1) is 35.2 Å². The third kappa shape index (κ3) is 6.19. The minimum atomic E-state index is -0.872. The van der Waals surface area contributed by atoms with Gasteiger partial charge in [-0.3, -0.25) is 14.9 Å². The summed E-state index contributed by atoms with van der Waals surface area (Å²) >= 11 is 0. The predicted octanol–water partition coefficient (Wildman–Crippen LogP) is 5.43. The van der Waals surface area contributed by atoms with Gasteiger partial charge in [0.2, 0.25) is 0 Å². The summed E-state index contributed by atoms with van der Waals surface area (Å²) in [6.07, 6.45) is 1.62. The summed E-state index contributed by atoms with van der Waals surface area (Å²) < 4.78 is 40.4. The van der Waals surface area contributed by atoms with Crippen molar-refractivity contribution in [3.8, 4) is 11.4 Å². The number of anilines is 1. The van der Waals surface area contributed by atoms with E-state index in [1.165, 1.54) is 42.3 Å². The summed E-state index contributed by atoms with van der Waals surface area (Å²) in [6.45, 7) is 5.95. The summed E-state index contributed by atoms with van der Waals surface area (Å²) in [7, 11) is 1.36. The van der Waals surface area contributed by atoms with Crippen LogP contribution in [0, 0.1) is 21.7 Å². The molecular weight excluding hydrogens is 528 g/mol. The maximum atomic E-state index is 14.8.